The molecule has 0 saturated carbocycles. The number of benzene rings is 7. The summed E-state index contributed by atoms with van der Waals surface area (Å²) in [5.74, 6) is 1.48. The number of para-hydroxylation sites is 1. The van der Waals surface area contributed by atoms with Gasteiger partial charge in [0.05, 0.1) is 0 Å². The summed E-state index contributed by atoms with van der Waals surface area (Å²) in [5, 5.41) is 8.38. The number of hydrogen-bond acceptors (Lipinski definition) is 4. The summed E-state index contributed by atoms with van der Waals surface area (Å²) in [4.78, 5) is 10.3. The van der Waals surface area contributed by atoms with E-state index in [-0.39, 0.29) is 6.17 Å². The molecule has 0 aliphatic carbocycles. The van der Waals surface area contributed by atoms with E-state index in [2.05, 4.69) is 133 Å². The van der Waals surface area contributed by atoms with Crippen molar-refractivity contribution in [3.8, 4) is 22.3 Å². The van der Waals surface area contributed by atoms with E-state index in [1.807, 2.05) is 36.4 Å². The highest BCUT2D eigenvalue weighted by Crippen LogP contribution is 2.38. The number of aliphatic imine (C=N–C) groups is 2. The molecular formula is C43H29N3O. The highest BCUT2D eigenvalue weighted by molar-refractivity contribution is 6.18. The Morgan fingerprint density at radius 3 is 2.04 bits per heavy atom. The third-order valence-electron chi connectivity index (χ3n) is 8.96. The lowest BCUT2D eigenvalue weighted by atomic mass is 9.94. The SMILES string of the molecule is c1ccc(C2=NC(c3ccc(-c4ccc5ccccc5c4)cc3)NC(c3ccccc3-c3cccc4oc5ccccc5c34)=N2)cc1. The molecule has 2 heterocycles. The second-order valence-electron chi connectivity index (χ2n) is 11.8. The first-order valence-electron chi connectivity index (χ1n) is 15.9. The van der Waals surface area contributed by atoms with Gasteiger partial charge in [-0.1, -0.05) is 146 Å². The summed E-state index contributed by atoms with van der Waals surface area (Å²) < 4.78 is 6.25. The molecule has 4 heteroatoms. The Balaban J connectivity index is 1.14. The van der Waals surface area contributed by atoms with Crippen LogP contribution in [0.3, 0.4) is 0 Å². The molecule has 0 fully saturated rings. The van der Waals surface area contributed by atoms with Gasteiger partial charge < -0.3 is 9.73 Å². The standard InChI is InChI=1S/C43H29N3O/c1-2-12-30(13-3-1)41-44-42(31-24-21-29(22-25-31)33-26-23-28-11-4-5-14-32(28)27-33)46-43(45-41)36-16-7-6-15-34(36)35-18-10-20-39-40(35)37-17-8-9-19-38(37)47-39/h1-27,42H,(H,44,45,46). The van der Waals surface area contributed by atoms with Gasteiger partial charge in [-0.25, -0.2) is 9.98 Å². The van der Waals surface area contributed by atoms with Crippen LogP contribution < -0.4 is 5.32 Å². The fourth-order valence-corrected chi connectivity index (χ4v) is 6.62. The van der Waals surface area contributed by atoms with Crippen molar-refractivity contribution < 1.29 is 4.42 Å². The molecule has 7 aromatic carbocycles. The van der Waals surface area contributed by atoms with E-state index in [0.29, 0.717) is 5.84 Å². The Morgan fingerprint density at radius 1 is 0.489 bits per heavy atom. The zero-order chi connectivity index (χ0) is 31.2. The molecule has 1 aliphatic rings. The fourth-order valence-electron chi connectivity index (χ4n) is 6.62. The monoisotopic (exact) mass is 603 g/mol. The fraction of sp³-hybridized carbons (Fsp3) is 0.0233. The van der Waals surface area contributed by atoms with Crippen LogP contribution in [0, 0.1) is 0 Å². The molecule has 1 atom stereocenters. The maximum Gasteiger partial charge on any atom is 0.159 e. The summed E-state index contributed by atoms with van der Waals surface area (Å²) in [5.41, 5.74) is 9.34. The quantitative estimate of drug-likeness (QED) is 0.213. The highest BCUT2D eigenvalue weighted by atomic mass is 16.3. The van der Waals surface area contributed by atoms with Crippen molar-refractivity contribution >= 4 is 44.4 Å². The third kappa shape index (κ3) is 4.88. The van der Waals surface area contributed by atoms with Crippen LogP contribution >= 0.6 is 0 Å². The lowest BCUT2D eigenvalue weighted by molar-refractivity contribution is 0.669. The molecule has 1 unspecified atom stereocenters. The van der Waals surface area contributed by atoms with Crippen molar-refractivity contribution in [1.82, 2.24) is 5.32 Å². The molecule has 222 valence electrons. The first kappa shape index (κ1) is 27.1. The summed E-state index contributed by atoms with van der Waals surface area (Å²) in [6, 6.07) is 56.9. The zero-order valence-corrected chi connectivity index (χ0v) is 25.5. The van der Waals surface area contributed by atoms with Crippen LogP contribution in [0.2, 0.25) is 0 Å². The molecule has 1 N–H and O–H groups in total. The lowest BCUT2D eigenvalue weighted by Crippen LogP contribution is -2.34. The number of furan rings is 1. The number of rotatable bonds is 5. The summed E-state index contributed by atoms with van der Waals surface area (Å²) >= 11 is 0. The van der Waals surface area contributed by atoms with Gasteiger partial charge in [-0.05, 0) is 56.8 Å². The Hall–Kier alpha value is -6.26. The molecular weight excluding hydrogens is 574 g/mol. The van der Waals surface area contributed by atoms with Gasteiger partial charge in [0.2, 0.25) is 0 Å². The molecule has 1 aliphatic heterocycles. The summed E-state index contributed by atoms with van der Waals surface area (Å²) in [7, 11) is 0. The summed E-state index contributed by atoms with van der Waals surface area (Å²) in [6.45, 7) is 0. The number of nitrogens with one attached hydrogen (secondary N) is 1. The minimum atomic E-state index is -0.318. The predicted molar refractivity (Wildman–Crippen MR) is 194 cm³/mol. The first-order chi connectivity index (χ1) is 23.3. The highest BCUT2D eigenvalue weighted by Gasteiger charge is 2.24. The Bertz CT molecular complexity index is 2490. The molecule has 0 spiro atoms. The molecule has 9 rings (SSSR count). The van der Waals surface area contributed by atoms with E-state index in [4.69, 9.17) is 14.4 Å². The van der Waals surface area contributed by atoms with E-state index < -0.39 is 0 Å². The van der Waals surface area contributed by atoms with Gasteiger partial charge in [0, 0.05) is 21.9 Å². The van der Waals surface area contributed by atoms with E-state index in [9.17, 15) is 0 Å². The minimum Gasteiger partial charge on any atom is -0.456 e. The molecule has 0 amide bonds. The maximum absolute atomic E-state index is 6.25. The second kappa shape index (κ2) is 11.3. The smallest absolute Gasteiger partial charge is 0.159 e. The van der Waals surface area contributed by atoms with Crippen LogP contribution in [0.4, 0.5) is 0 Å². The summed E-state index contributed by atoms with van der Waals surface area (Å²) in [6.07, 6.45) is -0.318. The average Bonchev–Trinajstić information content (AvgIpc) is 3.54. The molecule has 0 radical (unpaired) electrons. The molecule has 4 nitrogen and oxygen atoms in total. The van der Waals surface area contributed by atoms with Gasteiger partial charge in [-0.15, -0.1) is 0 Å². The molecule has 47 heavy (non-hydrogen) atoms. The van der Waals surface area contributed by atoms with E-state index in [0.717, 1.165) is 55.6 Å². The van der Waals surface area contributed by atoms with Crippen LogP contribution in [0.25, 0.3) is 55.0 Å². The molecule has 8 aromatic rings. The van der Waals surface area contributed by atoms with Crippen molar-refractivity contribution in [2.45, 2.75) is 6.17 Å². The molecule has 0 bridgehead atoms. The van der Waals surface area contributed by atoms with Gasteiger partial charge in [0.1, 0.15) is 23.2 Å². The van der Waals surface area contributed by atoms with Gasteiger partial charge in [-0.3, -0.25) is 0 Å². The van der Waals surface area contributed by atoms with Gasteiger partial charge in [0.15, 0.2) is 5.84 Å². The largest absolute Gasteiger partial charge is 0.456 e. The van der Waals surface area contributed by atoms with E-state index in [1.165, 1.54) is 21.9 Å². The normalized spacial score (nSPS) is 14.6. The molecule has 0 saturated heterocycles. The van der Waals surface area contributed by atoms with Gasteiger partial charge in [0.25, 0.3) is 0 Å². The number of nitrogens with zero attached hydrogens (tertiary/aromatic N) is 2. The second-order valence-corrected chi connectivity index (χ2v) is 11.8. The van der Waals surface area contributed by atoms with E-state index in [1.54, 1.807) is 0 Å². The average molecular weight is 604 g/mol. The van der Waals surface area contributed by atoms with Crippen LogP contribution in [-0.4, -0.2) is 11.7 Å². The Labute approximate surface area is 272 Å². The maximum atomic E-state index is 6.25. The van der Waals surface area contributed by atoms with E-state index >= 15 is 0 Å². The minimum absolute atomic E-state index is 0.318. The molecule has 1 aromatic heterocycles. The topological polar surface area (TPSA) is 49.9 Å². The number of fused-ring (bicyclic) bond motifs is 4. The van der Waals surface area contributed by atoms with Gasteiger partial charge >= 0.3 is 0 Å². The first-order valence-corrected chi connectivity index (χ1v) is 15.9. The van der Waals surface area contributed by atoms with Crippen molar-refractivity contribution in [2.75, 3.05) is 0 Å². The van der Waals surface area contributed by atoms with Crippen molar-refractivity contribution in [3.63, 3.8) is 0 Å². The van der Waals surface area contributed by atoms with Crippen LogP contribution in [0.15, 0.2) is 178 Å². The van der Waals surface area contributed by atoms with Gasteiger partial charge in [-0.2, -0.15) is 0 Å². The van der Waals surface area contributed by atoms with Crippen molar-refractivity contribution in [2.24, 2.45) is 9.98 Å². The van der Waals surface area contributed by atoms with Crippen LogP contribution in [-0.2, 0) is 0 Å². The van der Waals surface area contributed by atoms with Crippen molar-refractivity contribution in [3.05, 3.63) is 180 Å². The lowest BCUT2D eigenvalue weighted by Gasteiger charge is -2.25. The number of hydrogen-bond donors (Lipinski definition) is 1. The Morgan fingerprint density at radius 2 is 1.17 bits per heavy atom. The zero-order valence-electron chi connectivity index (χ0n) is 25.5. The number of amidine groups is 2. The third-order valence-corrected chi connectivity index (χ3v) is 8.96. The van der Waals surface area contributed by atoms with Crippen LogP contribution in [0.1, 0.15) is 22.9 Å². The van der Waals surface area contributed by atoms with Crippen LogP contribution in [0.5, 0.6) is 0 Å². The van der Waals surface area contributed by atoms with Crippen molar-refractivity contribution in [1.29, 1.82) is 0 Å². The Kier molecular flexibility index (Phi) is 6.50. The predicted octanol–water partition coefficient (Wildman–Crippen LogP) is 10.6.